The topological polar surface area (TPSA) is 106 Å². The molecule has 0 aliphatic carbocycles. The maximum atomic E-state index is 11.5. The Morgan fingerprint density at radius 3 is 1.36 bits per heavy atom. The summed E-state index contributed by atoms with van der Waals surface area (Å²) in [4.78, 5) is 31.9. The van der Waals surface area contributed by atoms with E-state index in [-0.39, 0.29) is 125 Å². The minimum Gasteiger partial charge on any atom is -0.545 e. The summed E-state index contributed by atoms with van der Waals surface area (Å²) in [5, 5.41) is 23.9. The standard InChI is InChI=1S/C20H12N2O4.2K/c23-19(24)13-9-17(21-15-7-3-1-5-11(13)15)18-10-14(20(25)26)12-6-2-4-8-16(12)22-18;;/h1-10H,(H,23,24)(H,25,26);;/q;2*+1/p-2. The fourth-order valence-electron chi connectivity index (χ4n) is 2.95. The number of fused-ring (bicyclic) bond motifs is 2. The first-order valence-electron chi connectivity index (χ1n) is 7.77. The number of carbonyl (C=O) groups excluding carboxylic acids is 2. The molecule has 0 radical (unpaired) electrons. The molecule has 2 aromatic carbocycles. The molecule has 4 aromatic rings. The first-order chi connectivity index (χ1) is 12.5. The van der Waals surface area contributed by atoms with Crippen LogP contribution in [0.3, 0.4) is 0 Å². The zero-order valence-electron chi connectivity index (χ0n) is 15.3. The van der Waals surface area contributed by atoms with Gasteiger partial charge in [0.15, 0.2) is 0 Å². The smallest absolute Gasteiger partial charge is 0.545 e. The van der Waals surface area contributed by atoms with Crippen molar-refractivity contribution in [2.45, 2.75) is 0 Å². The molecule has 8 heteroatoms. The molecule has 0 unspecified atom stereocenters. The van der Waals surface area contributed by atoms with Gasteiger partial charge in [-0.2, -0.15) is 0 Å². The number of carboxylic acid groups (broad SMARTS) is 2. The molecule has 0 saturated heterocycles. The van der Waals surface area contributed by atoms with Crippen LogP contribution in [0.1, 0.15) is 20.7 Å². The summed E-state index contributed by atoms with van der Waals surface area (Å²) in [6.45, 7) is 0. The summed E-state index contributed by atoms with van der Waals surface area (Å²) < 4.78 is 0. The Morgan fingerprint density at radius 1 is 0.643 bits per heavy atom. The number of pyridine rings is 2. The largest absolute Gasteiger partial charge is 1.00 e. The third kappa shape index (κ3) is 4.62. The van der Waals surface area contributed by atoms with Crippen LogP contribution in [0.5, 0.6) is 0 Å². The Morgan fingerprint density at radius 2 is 1.00 bits per heavy atom. The van der Waals surface area contributed by atoms with Crippen molar-refractivity contribution in [2.24, 2.45) is 0 Å². The number of aromatic carboxylic acids is 2. The Kier molecular flexibility index (Phi) is 8.47. The van der Waals surface area contributed by atoms with E-state index in [0.29, 0.717) is 21.8 Å². The van der Waals surface area contributed by atoms with Crippen LogP contribution in [0, 0.1) is 0 Å². The van der Waals surface area contributed by atoms with E-state index in [1.807, 2.05) is 0 Å². The number of hydrogen-bond donors (Lipinski definition) is 0. The van der Waals surface area contributed by atoms with Gasteiger partial charge >= 0.3 is 103 Å². The van der Waals surface area contributed by atoms with Gasteiger partial charge in [-0.3, -0.25) is 0 Å². The number of hydrogen-bond acceptors (Lipinski definition) is 6. The molecule has 0 spiro atoms. The molecule has 0 aliphatic heterocycles. The molecule has 0 atom stereocenters. The van der Waals surface area contributed by atoms with E-state index in [9.17, 15) is 19.8 Å². The molecule has 2 aromatic heterocycles. The predicted octanol–water partition coefficient (Wildman–Crippen LogP) is -4.81. The van der Waals surface area contributed by atoms with Crippen LogP contribution in [0.15, 0.2) is 60.7 Å². The van der Waals surface area contributed by atoms with E-state index in [2.05, 4.69) is 9.97 Å². The summed E-state index contributed by atoms with van der Waals surface area (Å²) in [7, 11) is 0. The average molecular weight is 421 g/mol. The number of nitrogens with zero attached hydrogens (tertiary/aromatic N) is 2. The molecule has 4 rings (SSSR count). The maximum Gasteiger partial charge on any atom is 1.00 e. The fourth-order valence-corrected chi connectivity index (χ4v) is 2.95. The van der Waals surface area contributed by atoms with Crippen LogP contribution in [0.2, 0.25) is 0 Å². The van der Waals surface area contributed by atoms with Crippen LogP contribution in [0.25, 0.3) is 33.2 Å². The van der Waals surface area contributed by atoms with Crippen LogP contribution in [-0.4, -0.2) is 21.9 Å². The van der Waals surface area contributed by atoms with E-state index < -0.39 is 11.9 Å². The number of carboxylic acids is 2. The van der Waals surface area contributed by atoms with Crippen molar-refractivity contribution in [1.29, 1.82) is 0 Å². The molecule has 0 N–H and O–H groups in total. The molecule has 6 nitrogen and oxygen atoms in total. The monoisotopic (exact) mass is 420 g/mol. The van der Waals surface area contributed by atoms with Gasteiger partial charge < -0.3 is 19.8 Å². The van der Waals surface area contributed by atoms with Crippen molar-refractivity contribution in [1.82, 2.24) is 9.97 Å². The van der Waals surface area contributed by atoms with Crippen LogP contribution >= 0.6 is 0 Å². The molecular formula is C20H10K2N2O4. The Labute approximate surface area is 245 Å². The van der Waals surface area contributed by atoms with E-state index in [1.165, 1.54) is 12.1 Å². The van der Waals surface area contributed by atoms with Crippen LogP contribution in [-0.2, 0) is 0 Å². The zero-order chi connectivity index (χ0) is 18.3. The van der Waals surface area contributed by atoms with Gasteiger partial charge in [0, 0.05) is 21.9 Å². The minimum atomic E-state index is -1.34. The van der Waals surface area contributed by atoms with Gasteiger partial charge in [0.25, 0.3) is 0 Å². The zero-order valence-corrected chi connectivity index (χ0v) is 21.5. The molecular weight excluding hydrogens is 410 g/mol. The Hall–Kier alpha value is -0.527. The number of rotatable bonds is 3. The summed E-state index contributed by atoms with van der Waals surface area (Å²) in [5.41, 5.74) is 1.33. The summed E-state index contributed by atoms with van der Waals surface area (Å²) >= 11 is 0. The first-order valence-corrected chi connectivity index (χ1v) is 7.77. The molecule has 0 aliphatic rings. The van der Waals surface area contributed by atoms with Gasteiger partial charge in [0.05, 0.1) is 34.4 Å². The molecule has 28 heavy (non-hydrogen) atoms. The van der Waals surface area contributed by atoms with Crippen molar-refractivity contribution in [3.05, 3.63) is 71.8 Å². The number of para-hydroxylation sites is 2. The second kappa shape index (κ2) is 9.99. The second-order valence-corrected chi connectivity index (χ2v) is 5.72. The van der Waals surface area contributed by atoms with Gasteiger partial charge in [-0.05, 0) is 24.3 Å². The molecule has 0 bridgehead atoms. The molecule has 0 amide bonds. The van der Waals surface area contributed by atoms with Crippen molar-refractivity contribution in [2.75, 3.05) is 0 Å². The van der Waals surface area contributed by atoms with Crippen LogP contribution < -0.4 is 113 Å². The van der Waals surface area contributed by atoms with Crippen molar-refractivity contribution in [3.63, 3.8) is 0 Å². The molecule has 0 saturated carbocycles. The van der Waals surface area contributed by atoms with Gasteiger partial charge in [-0.25, -0.2) is 9.97 Å². The summed E-state index contributed by atoms with van der Waals surface area (Å²) in [6.07, 6.45) is 0. The van der Waals surface area contributed by atoms with E-state index >= 15 is 0 Å². The summed E-state index contributed by atoms with van der Waals surface area (Å²) in [5.74, 6) is -2.68. The number of benzene rings is 2. The summed E-state index contributed by atoms with van der Waals surface area (Å²) in [6, 6.07) is 16.2. The molecule has 0 fully saturated rings. The minimum absolute atomic E-state index is 0. The average Bonchev–Trinajstić information content (AvgIpc) is 2.66. The normalized spacial score (nSPS) is 10.1. The Bertz CT molecular complexity index is 1120. The van der Waals surface area contributed by atoms with Crippen molar-refractivity contribution in [3.8, 4) is 11.4 Å². The molecule has 126 valence electrons. The van der Waals surface area contributed by atoms with Gasteiger partial charge in [0.2, 0.25) is 0 Å². The van der Waals surface area contributed by atoms with Crippen molar-refractivity contribution < 1.29 is 123 Å². The van der Waals surface area contributed by atoms with Crippen LogP contribution in [0.4, 0.5) is 0 Å². The number of aromatic nitrogens is 2. The third-order valence-corrected chi connectivity index (χ3v) is 4.13. The fraction of sp³-hybridized carbons (Fsp3) is 0. The van der Waals surface area contributed by atoms with Crippen molar-refractivity contribution >= 4 is 33.7 Å². The van der Waals surface area contributed by atoms with Gasteiger partial charge in [0.1, 0.15) is 0 Å². The first kappa shape index (κ1) is 23.7. The Balaban J connectivity index is 0.00000140. The molecule has 2 heterocycles. The van der Waals surface area contributed by atoms with E-state index in [4.69, 9.17) is 0 Å². The number of carbonyl (C=O) groups is 2. The van der Waals surface area contributed by atoms with E-state index in [0.717, 1.165) is 0 Å². The SMILES string of the molecule is O=C([O-])c1cc(-c2cc(C(=O)[O-])c3ccccc3n2)nc2ccccc12.[K+].[K+]. The second-order valence-electron chi connectivity index (χ2n) is 5.72. The van der Waals surface area contributed by atoms with Gasteiger partial charge in [-0.1, -0.05) is 36.4 Å². The quantitative estimate of drug-likeness (QED) is 0.308. The third-order valence-electron chi connectivity index (χ3n) is 4.13. The predicted molar refractivity (Wildman–Crippen MR) is 91.1 cm³/mol. The van der Waals surface area contributed by atoms with Gasteiger partial charge in [-0.15, -0.1) is 0 Å². The maximum absolute atomic E-state index is 11.5. The van der Waals surface area contributed by atoms with E-state index in [1.54, 1.807) is 48.5 Å².